The van der Waals surface area contributed by atoms with Crippen LogP contribution in [0.5, 0.6) is 0 Å². The van der Waals surface area contributed by atoms with Gasteiger partial charge >= 0.3 is 0 Å². The predicted octanol–water partition coefficient (Wildman–Crippen LogP) is 1.53. The van der Waals surface area contributed by atoms with Crippen molar-refractivity contribution < 1.29 is 9.53 Å². The summed E-state index contributed by atoms with van der Waals surface area (Å²) in [6.45, 7) is 3.56. The molecule has 1 aromatic carbocycles. The fourth-order valence-electron chi connectivity index (χ4n) is 3.27. The first kappa shape index (κ1) is 15.5. The Morgan fingerprint density at radius 2 is 2.14 bits per heavy atom. The predicted molar refractivity (Wildman–Crippen MR) is 85.0 cm³/mol. The highest BCUT2D eigenvalue weighted by Crippen LogP contribution is 2.33. The summed E-state index contributed by atoms with van der Waals surface area (Å²) in [5, 5.41) is 3.09. The lowest BCUT2D eigenvalue weighted by Gasteiger charge is -2.20. The molecule has 5 heteroatoms. The van der Waals surface area contributed by atoms with Crippen molar-refractivity contribution in [1.82, 2.24) is 16.2 Å². The molecule has 0 radical (unpaired) electrons. The fourth-order valence-corrected chi connectivity index (χ4v) is 3.27. The Bertz CT molecular complexity index is 494. The Morgan fingerprint density at radius 3 is 2.86 bits per heavy atom. The van der Waals surface area contributed by atoms with Crippen molar-refractivity contribution >= 4 is 5.91 Å². The second-order valence-corrected chi connectivity index (χ2v) is 6.18. The van der Waals surface area contributed by atoms with Crippen LogP contribution in [0.15, 0.2) is 30.3 Å². The quantitative estimate of drug-likeness (QED) is 0.772. The molecule has 2 fully saturated rings. The number of rotatable bonds is 5. The second-order valence-electron chi connectivity index (χ2n) is 6.18. The van der Waals surface area contributed by atoms with Crippen molar-refractivity contribution in [1.29, 1.82) is 0 Å². The molecule has 0 saturated carbocycles. The Labute approximate surface area is 131 Å². The van der Waals surface area contributed by atoms with E-state index < -0.39 is 0 Å². The number of carbonyl (C=O) groups is 1. The fraction of sp³-hybridized carbons (Fsp3) is 0.588. The van der Waals surface area contributed by atoms with Crippen molar-refractivity contribution in [3.05, 3.63) is 35.9 Å². The van der Waals surface area contributed by atoms with Gasteiger partial charge in [0.25, 0.3) is 0 Å². The molecule has 1 aromatic rings. The number of hydrazine groups is 1. The van der Waals surface area contributed by atoms with Crippen LogP contribution in [0, 0.1) is 5.92 Å². The molecule has 120 valence electrons. The highest BCUT2D eigenvalue weighted by molar-refractivity contribution is 5.82. The zero-order chi connectivity index (χ0) is 15.4. The Kier molecular flexibility index (Phi) is 5.08. The van der Waals surface area contributed by atoms with Gasteiger partial charge in [-0.2, -0.15) is 0 Å². The minimum atomic E-state index is -0.123. The zero-order valence-electron chi connectivity index (χ0n) is 13.0. The van der Waals surface area contributed by atoms with Crippen LogP contribution >= 0.6 is 0 Å². The maximum absolute atomic E-state index is 12.3. The van der Waals surface area contributed by atoms with Gasteiger partial charge in [0.05, 0.1) is 6.10 Å². The van der Waals surface area contributed by atoms with Crippen LogP contribution in [0.2, 0.25) is 0 Å². The van der Waals surface area contributed by atoms with Crippen LogP contribution in [-0.4, -0.2) is 31.1 Å². The van der Waals surface area contributed by atoms with Gasteiger partial charge in [-0.25, -0.2) is 5.43 Å². The molecule has 4 atom stereocenters. The van der Waals surface area contributed by atoms with Crippen LogP contribution in [0.25, 0.3) is 0 Å². The number of hydrogen-bond donors (Lipinski definition) is 3. The van der Waals surface area contributed by atoms with E-state index in [1.807, 2.05) is 18.2 Å². The van der Waals surface area contributed by atoms with Crippen LogP contribution in [0.4, 0.5) is 0 Å². The van der Waals surface area contributed by atoms with E-state index in [0.717, 1.165) is 25.9 Å². The molecule has 0 spiro atoms. The van der Waals surface area contributed by atoms with Gasteiger partial charge in [-0.05, 0) is 24.8 Å². The Morgan fingerprint density at radius 1 is 1.32 bits per heavy atom. The summed E-state index contributed by atoms with van der Waals surface area (Å²) >= 11 is 0. The molecule has 3 N–H and O–H groups in total. The van der Waals surface area contributed by atoms with Crippen molar-refractivity contribution in [2.45, 2.75) is 44.4 Å². The zero-order valence-corrected chi connectivity index (χ0v) is 13.0. The van der Waals surface area contributed by atoms with Crippen LogP contribution < -0.4 is 16.2 Å². The molecular weight excluding hydrogens is 278 g/mol. The van der Waals surface area contributed by atoms with Gasteiger partial charge in [-0.1, -0.05) is 37.3 Å². The van der Waals surface area contributed by atoms with E-state index in [4.69, 9.17) is 4.74 Å². The van der Waals surface area contributed by atoms with Crippen LogP contribution in [-0.2, 0) is 9.53 Å². The minimum absolute atomic E-state index is 0.0853. The lowest BCUT2D eigenvalue weighted by Crippen LogP contribution is -2.44. The number of nitrogens with one attached hydrogen (secondary N) is 3. The average molecular weight is 303 g/mol. The van der Waals surface area contributed by atoms with Crippen LogP contribution in [0.1, 0.15) is 37.9 Å². The summed E-state index contributed by atoms with van der Waals surface area (Å²) < 4.78 is 5.86. The summed E-state index contributed by atoms with van der Waals surface area (Å²) in [5.41, 5.74) is 7.45. The van der Waals surface area contributed by atoms with Gasteiger partial charge in [0.2, 0.25) is 5.91 Å². The van der Waals surface area contributed by atoms with E-state index in [1.165, 1.54) is 5.56 Å². The molecular formula is C17H25N3O2. The van der Waals surface area contributed by atoms with Gasteiger partial charge in [-0.15, -0.1) is 0 Å². The lowest BCUT2D eigenvalue weighted by molar-refractivity contribution is -0.123. The van der Waals surface area contributed by atoms with E-state index in [9.17, 15) is 4.79 Å². The minimum Gasteiger partial charge on any atom is -0.373 e. The molecule has 22 heavy (non-hydrogen) atoms. The third kappa shape index (κ3) is 3.48. The topological polar surface area (TPSA) is 62.4 Å². The monoisotopic (exact) mass is 303 g/mol. The van der Waals surface area contributed by atoms with Crippen molar-refractivity contribution in [3.8, 4) is 0 Å². The highest BCUT2D eigenvalue weighted by atomic mass is 16.5. The molecule has 2 unspecified atom stereocenters. The first-order chi connectivity index (χ1) is 10.8. The maximum Gasteiger partial charge on any atom is 0.238 e. The molecule has 2 heterocycles. The van der Waals surface area contributed by atoms with Gasteiger partial charge in [-0.3, -0.25) is 10.2 Å². The van der Waals surface area contributed by atoms with Gasteiger partial charge in [0.15, 0.2) is 0 Å². The van der Waals surface area contributed by atoms with E-state index in [0.29, 0.717) is 18.5 Å². The average Bonchev–Trinajstić information content (AvgIpc) is 3.22. The normalized spacial score (nSPS) is 31.3. The first-order valence-corrected chi connectivity index (χ1v) is 8.23. The third-order valence-corrected chi connectivity index (χ3v) is 4.67. The SMILES string of the molecule is CCC1CC(C(=O)NC[C@@H]2CCO[C@H]2c2ccccc2)NN1. The van der Waals surface area contributed by atoms with Crippen molar-refractivity contribution in [2.24, 2.45) is 5.92 Å². The smallest absolute Gasteiger partial charge is 0.238 e. The largest absolute Gasteiger partial charge is 0.373 e. The molecule has 2 aliphatic rings. The van der Waals surface area contributed by atoms with E-state index in [-0.39, 0.29) is 18.1 Å². The Hall–Kier alpha value is -1.43. The molecule has 3 rings (SSSR count). The maximum atomic E-state index is 12.3. The third-order valence-electron chi connectivity index (χ3n) is 4.67. The summed E-state index contributed by atoms with van der Waals surface area (Å²) in [6, 6.07) is 10.5. The molecule has 0 bridgehead atoms. The number of benzene rings is 1. The van der Waals surface area contributed by atoms with E-state index in [1.54, 1.807) is 0 Å². The van der Waals surface area contributed by atoms with Gasteiger partial charge < -0.3 is 10.1 Å². The van der Waals surface area contributed by atoms with E-state index in [2.05, 4.69) is 35.2 Å². The number of hydrogen-bond acceptors (Lipinski definition) is 4. The van der Waals surface area contributed by atoms with Crippen LogP contribution in [0.3, 0.4) is 0 Å². The van der Waals surface area contributed by atoms with Gasteiger partial charge in [0, 0.05) is 25.1 Å². The summed E-state index contributed by atoms with van der Waals surface area (Å²) in [5.74, 6) is 0.435. The lowest BCUT2D eigenvalue weighted by atomic mass is 9.95. The number of carbonyl (C=O) groups excluding carboxylic acids is 1. The second kappa shape index (κ2) is 7.22. The number of amides is 1. The highest BCUT2D eigenvalue weighted by Gasteiger charge is 2.32. The molecule has 1 amide bonds. The van der Waals surface area contributed by atoms with Crippen molar-refractivity contribution in [3.63, 3.8) is 0 Å². The van der Waals surface area contributed by atoms with Crippen molar-refractivity contribution in [2.75, 3.05) is 13.2 Å². The molecule has 0 aromatic heterocycles. The molecule has 5 nitrogen and oxygen atoms in total. The molecule has 2 aliphatic heterocycles. The van der Waals surface area contributed by atoms with Gasteiger partial charge in [0.1, 0.15) is 6.04 Å². The van der Waals surface area contributed by atoms with E-state index >= 15 is 0 Å². The standard InChI is InChI=1S/C17H25N3O2/c1-2-14-10-15(20-19-14)17(21)18-11-13-8-9-22-16(13)12-6-4-3-5-7-12/h3-7,13-16,19-20H,2,8-11H2,1H3,(H,18,21)/t13-,14?,15?,16-/m0/s1. The molecule has 2 saturated heterocycles. The summed E-state index contributed by atoms with van der Waals surface area (Å²) in [4.78, 5) is 12.3. The number of ether oxygens (including phenoxy) is 1. The summed E-state index contributed by atoms with van der Waals surface area (Å²) in [6.07, 6.45) is 2.97. The Balaban J connectivity index is 1.51. The first-order valence-electron chi connectivity index (χ1n) is 8.23. The summed E-state index contributed by atoms with van der Waals surface area (Å²) in [7, 11) is 0. The molecule has 0 aliphatic carbocycles.